The fraction of sp³-hybridized carbons (Fsp3) is 0.143. The maximum Gasteiger partial charge on any atom is 0.313 e. The zero-order chi connectivity index (χ0) is 15.5. The third-order valence-corrected chi connectivity index (χ3v) is 4.62. The van der Waals surface area contributed by atoms with E-state index in [4.69, 9.17) is 0 Å². The Morgan fingerprint density at radius 3 is 2.14 bits per heavy atom. The molecule has 2 aromatic carbocycles. The van der Waals surface area contributed by atoms with Crippen LogP contribution in [0, 0.1) is 17.0 Å². The van der Waals surface area contributed by atoms with Crippen molar-refractivity contribution in [3.63, 3.8) is 0 Å². The molecule has 0 spiro atoms. The molecule has 0 aromatic heterocycles. The molecule has 2 rings (SSSR count). The van der Waals surface area contributed by atoms with Crippen molar-refractivity contribution in [1.82, 2.24) is 4.41 Å². The van der Waals surface area contributed by atoms with Crippen molar-refractivity contribution < 1.29 is 13.5 Å². The fourth-order valence-corrected chi connectivity index (χ4v) is 3.02. The Balaban J connectivity index is 2.37. The molecule has 0 saturated heterocycles. The van der Waals surface area contributed by atoms with Gasteiger partial charge in [0.15, 0.2) is 5.03 Å². The summed E-state index contributed by atoms with van der Waals surface area (Å²) in [5.74, 6) is 0. The van der Waals surface area contributed by atoms with E-state index in [0.29, 0.717) is 5.56 Å². The number of rotatable bonds is 5. The SMILES string of the molecule is Cc1ccc(S(=O)(=O)N(Cc2ccccc2)[N+](=O)[O-])cc1. The van der Waals surface area contributed by atoms with Gasteiger partial charge in [-0.3, -0.25) is 0 Å². The van der Waals surface area contributed by atoms with Gasteiger partial charge < -0.3 is 0 Å². The molecule has 0 saturated carbocycles. The minimum absolute atomic E-state index is 0.0965. The molecular weight excluding hydrogens is 292 g/mol. The smallest absolute Gasteiger partial charge is 0.234 e. The van der Waals surface area contributed by atoms with Gasteiger partial charge >= 0.3 is 10.0 Å². The fourth-order valence-electron chi connectivity index (χ4n) is 1.80. The van der Waals surface area contributed by atoms with Crippen molar-refractivity contribution in [3.05, 3.63) is 75.8 Å². The van der Waals surface area contributed by atoms with Gasteiger partial charge in [0.25, 0.3) is 0 Å². The predicted octanol–water partition coefficient (Wildman–Crippen LogP) is 2.38. The van der Waals surface area contributed by atoms with Gasteiger partial charge in [-0.05, 0) is 29.0 Å². The van der Waals surface area contributed by atoms with E-state index in [1.165, 1.54) is 12.1 Å². The van der Waals surface area contributed by atoms with E-state index in [0.717, 1.165) is 5.56 Å². The molecule has 21 heavy (non-hydrogen) atoms. The number of hydrogen-bond acceptors (Lipinski definition) is 4. The zero-order valence-corrected chi connectivity index (χ0v) is 12.2. The Kier molecular flexibility index (Phi) is 4.23. The highest BCUT2D eigenvalue weighted by Gasteiger charge is 2.32. The Hall–Kier alpha value is -2.41. The van der Waals surface area contributed by atoms with Crippen LogP contribution in [0.1, 0.15) is 11.1 Å². The topological polar surface area (TPSA) is 80.5 Å². The molecule has 110 valence electrons. The summed E-state index contributed by atoms with van der Waals surface area (Å²) in [5, 5.41) is 10.2. The second-order valence-corrected chi connectivity index (χ2v) is 6.36. The number of nitrogens with zero attached hydrogens (tertiary/aromatic N) is 2. The number of hydrogen-bond donors (Lipinski definition) is 0. The van der Waals surface area contributed by atoms with Crippen LogP contribution in [0.4, 0.5) is 0 Å². The van der Waals surface area contributed by atoms with Crippen molar-refractivity contribution in [2.45, 2.75) is 18.4 Å². The molecule has 0 N–H and O–H groups in total. The summed E-state index contributed by atoms with van der Waals surface area (Å²) >= 11 is 0. The molecule has 7 heteroatoms. The van der Waals surface area contributed by atoms with E-state index in [2.05, 4.69) is 0 Å². The lowest BCUT2D eigenvalue weighted by Crippen LogP contribution is -2.35. The molecule has 0 amide bonds. The second kappa shape index (κ2) is 5.92. The molecular formula is C14H14N2O4S. The van der Waals surface area contributed by atoms with Crippen LogP contribution in [0.25, 0.3) is 0 Å². The molecule has 6 nitrogen and oxygen atoms in total. The predicted molar refractivity (Wildman–Crippen MR) is 77.3 cm³/mol. The first-order valence-corrected chi connectivity index (χ1v) is 7.63. The third kappa shape index (κ3) is 3.38. The van der Waals surface area contributed by atoms with E-state index in [1.807, 2.05) is 6.92 Å². The van der Waals surface area contributed by atoms with Gasteiger partial charge in [0.1, 0.15) is 6.54 Å². The van der Waals surface area contributed by atoms with Crippen LogP contribution in [0.5, 0.6) is 0 Å². The number of sulfonamides is 1. The Labute approximate surface area is 122 Å². The Bertz CT molecular complexity index is 727. The highest BCUT2D eigenvalue weighted by molar-refractivity contribution is 7.89. The summed E-state index contributed by atoms with van der Waals surface area (Å²) in [5.41, 5.74) is 1.43. The van der Waals surface area contributed by atoms with Crippen molar-refractivity contribution >= 4 is 10.0 Å². The lowest BCUT2D eigenvalue weighted by molar-refractivity contribution is -0.623. The first-order valence-electron chi connectivity index (χ1n) is 6.19. The maximum absolute atomic E-state index is 12.4. The lowest BCUT2D eigenvalue weighted by atomic mass is 10.2. The van der Waals surface area contributed by atoms with Crippen molar-refractivity contribution in [2.75, 3.05) is 0 Å². The van der Waals surface area contributed by atoms with Gasteiger partial charge in [-0.2, -0.15) is 8.42 Å². The molecule has 0 aliphatic rings. The summed E-state index contributed by atoms with van der Waals surface area (Å²) in [4.78, 5) is 11.0. The minimum atomic E-state index is -4.18. The number of hydrazine groups is 1. The van der Waals surface area contributed by atoms with E-state index >= 15 is 0 Å². The van der Waals surface area contributed by atoms with Crippen molar-refractivity contribution in [3.8, 4) is 0 Å². The largest absolute Gasteiger partial charge is 0.313 e. The molecule has 0 aliphatic carbocycles. The molecule has 0 aliphatic heterocycles. The summed E-state index contributed by atoms with van der Waals surface area (Å²) in [6.45, 7) is 1.50. The van der Waals surface area contributed by atoms with Gasteiger partial charge in [-0.25, -0.2) is 10.1 Å². The van der Waals surface area contributed by atoms with Crippen molar-refractivity contribution in [2.24, 2.45) is 0 Å². The molecule has 0 fully saturated rings. The maximum atomic E-state index is 12.4. The summed E-state index contributed by atoms with van der Waals surface area (Å²) < 4.78 is 25.0. The van der Waals surface area contributed by atoms with Gasteiger partial charge in [0, 0.05) is 0 Å². The highest BCUT2D eigenvalue weighted by atomic mass is 32.2. The van der Waals surface area contributed by atoms with Gasteiger partial charge in [0.05, 0.1) is 4.90 Å². The van der Waals surface area contributed by atoms with Gasteiger partial charge in [-0.15, -0.1) is 0 Å². The molecule has 0 heterocycles. The number of benzene rings is 2. The quantitative estimate of drug-likeness (QED) is 0.627. The summed E-state index contributed by atoms with van der Waals surface area (Å²) in [6, 6.07) is 14.4. The van der Waals surface area contributed by atoms with E-state index in [9.17, 15) is 18.5 Å². The number of aryl methyl sites for hydroxylation is 1. The van der Waals surface area contributed by atoms with E-state index in [-0.39, 0.29) is 15.9 Å². The van der Waals surface area contributed by atoms with Crippen LogP contribution in [0.15, 0.2) is 59.5 Å². The number of nitro groups is 1. The first kappa shape index (κ1) is 15.0. The van der Waals surface area contributed by atoms with Crippen LogP contribution in [-0.4, -0.2) is 17.9 Å². The molecule has 0 atom stereocenters. The average Bonchev–Trinajstić information content (AvgIpc) is 2.46. The molecule has 0 unspecified atom stereocenters. The third-order valence-electron chi connectivity index (χ3n) is 2.94. The standard InChI is InChI=1S/C14H14N2O4S/c1-12-7-9-14(10-8-12)21(19,20)15(16(17)18)11-13-5-3-2-4-6-13/h2-10H,11H2,1H3. The van der Waals surface area contributed by atoms with E-state index in [1.54, 1.807) is 42.5 Å². The molecule has 0 radical (unpaired) electrons. The second-order valence-electron chi connectivity index (χ2n) is 4.52. The van der Waals surface area contributed by atoms with Crippen LogP contribution >= 0.6 is 0 Å². The summed E-state index contributed by atoms with van der Waals surface area (Å²) in [6.07, 6.45) is 0. The molecule has 0 bridgehead atoms. The minimum Gasteiger partial charge on any atom is -0.234 e. The highest BCUT2D eigenvalue weighted by Crippen LogP contribution is 2.18. The van der Waals surface area contributed by atoms with Gasteiger partial charge in [-0.1, -0.05) is 48.0 Å². The van der Waals surface area contributed by atoms with E-state index < -0.39 is 15.1 Å². The van der Waals surface area contributed by atoms with Crippen LogP contribution in [0.2, 0.25) is 0 Å². The Morgan fingerprint density at radius 2 is 1.62 bits per heavy atom. The zero-order valence-electron chi connectivity index (χ0n) is 11.3. The van der Waals surface area contributed by atoms with Crippen LogP contribution in [-0.2, 0) is 16.6 Å². The lowest BCUT2D eigenvalue weighted by Gasteiger charge is -2.14. The van der Waals surface area contributed by atoms with Crippen molar-refractivity contribution in [1.29, 1.82) is 0 Å². The first-order chi connectivity index (χ1) is 9.91. The molecule has 2 aromatic rings. The monoisotopic (exact) mass is 306 g/mol. The summed E-state index contributed by atoms with van der Waals surface area (Å²) in [7, 11) is -4.18. The van der Waals surface area contributed by atoms with Crippen LogP contribution in [0.3, 0.4) is 0 Å². The van der Waals surface area contributed by atoms with Gasteiger partial charge in [0.2, 0.25) is 0 Å². The Morgan fingerprint density at radius 1 is 1.05 bits per heavy atom. The van der Waals surface area contributed by atoms with Crippen LogP contribution < -0.4 is 0 Å². The normalized spacial score (nSPS) is 11.1. The average molecular weight is 306 g/mol.